The van der Waals surface area contributed by atoms with Crippen LogP contribution in [0.25, 0.3) is 10.9 Å². The second kappa shape index (κ2) is 8.22. The van der Waals surface area contributed by atoms with E-state index in [0.717, 1.165) is 10.9 Å². The predicted molar refractivity (Wildman–Crippen MR) is 103 cm³/mol. The number of nitrogens with one attached hydrogen (secondary N) is 2. The number of thioether (sulfide) groups is 1. The van der Waals surface area contributed by atoms with Gasteiger partial charge in [0.25, 0.3) is 0 Å². The summed E-state index contributed by atoms with van der Waals surface area (Å²) in [7, 11) is -3.02. The van der Waals surface area contributed by atoms with Crippen LogP contribution >= 0.6 is 11.8 Å². The number of sulfone groups is 1. The van der Waals surface area contributed by atoms with Crippen molar-refractivity contribution in [3.63, 3.8) is 0 Å². The normalized spacial score (nSPS) is 18.3. The van der Waals surface area contributed by atoms with Gasteiger partial charge in [0.05, 0.1) is 22.8 Å². The van der Waals surface area contributed by atoms with E-state index in [1.807, 2.05) is 24.3 Å². The number of carbonyl (C=O) groups excluding carboxylic acids is 2. The van der Waals surface area contributed by atoms with Crippen LogP contribution in [0.2, 0.25) is 0 Å². The first-order valence-electron chi connectivity index (χ1n) is 8.47. The number of para-hydroxylation sites is 1. The molecule has 1 fully saturated rings. The van der Waals surface area contributed by atoms with Crippen molar-refractivity contribution in [1.82, 2.24) is 20.8 Å². The summed E-state index contributed by atoms with van der Waals surface area (Å²) in [5, 5.41) is 1.57. The Hall–Kier alpha value is -2.20. The summed E-state index contributed by atoms with van der Waals surface area (Å²) in [6.07, 6.45) is 0.572. The molecule has 2 N–H and O–H groups in total. The molecule has 1 aromatic carbocycles. The van der Waals surface area contributed by atoms with Crippen LogP contribution in [-0.4, -0.2) is 47.5 Å². The standard InChI is InChI=1S/C17H20N4O4S2/c1-11-18-14-5-3-2-4-13(14)17(19-11)26-9-16(23)21-20-15(22)8-12-6-7-27(24,25)10-12/h2-5,12H,6-10H2,1H3,(H,20,22)(H,21,23)/t12-/m1/s1. The number of amides is 2. The van der Waals surface area contributed by atoms with Gasteiger partial charge in [-0.2, -0.15) is 0 Å². The molecular weight excluding hydrogens is 388 g/mol. The summed E-state index contributed by atoms with van der Waals surface area (Å²) in [5.41, 5.74) is 5.51. The molecule has 8 nitrogen and oxygen atoms in total. The number of hydrogen-bond acceptors (Lipinski definition) is 7. The van der Waals surface area contributed by atoms with Gasteiger partial charge < -0.3 is 0 Å². The van der Waals surface area contributed by atoms with Crippen LogP contribution in [0, 0.1) is 12.8 Å². The molecule has 1 aliphatic rings. The first kappa shape index (κ1) is 19.6. The van der Waals surface area contributed by atoms with Crippen LogP contribution in [0.4, 0.5) is 0 Å². The molecule has 2 amide bonds. The molecule has 1 aromatic heterocycles. The van der Waals surface area contributed by atoms with Crippen LogP contribution in [0.1, 0.15) is 18.7 Å². The third-order valence-corrected chi connectivity index (χ3v) is 6.99. The van der Waals surface area contributed by atoms with Crippen molar-refractivity contribution in [2.45, 2.75) is 24.8 Å². The second-order valence-corrected chi connectivity index (χ2v) is 9.64. The fraction of sp³-hybridized carbons (Fsp3) is 0.412. The van der Waals surface area contributed by atoms with E-state index in [0.29, 0.717) is 17.3 Å². The first-order valence-corrected chi connectivity index (χ1v) is 11.3. The third-order valence-electron chi connectivity index (χ3n) is 4.16. The molecule has 1 saturated heterocycles. The fourth-order valence-electron chi connectivity index (χ4n) is 2.92. The molecule has 27 heavy (non-hydrogen) atoms. The predicted octanol–water partition coefficient (Wildman–Crippen LogP) is 1.00. The lowest BCUT2D eigenvalue weighted by atomic mass is 10.1. The third kappa shape index (κ3) is 5.39. The van der Waals surface area contributed by atoms with Crippen molar-refractivity contribution in [2.75, 3.05) is 17.3 Å². The van der Waals surface area contributed by atoms with Gasteiger partial charge >= 0.3 is 0 Å². The quantitative estimate of drug-likeness (QED) is 0.430. The average Bonchev–Trinajstić information content (AvgIpc) is 2.96. The van der Waals surface area contributed by atoms with Crippen LogP contribution in [-0.2, 0) is 19.4 Å². The Labute approximate surface area is 161 Å². The van der Waals surface area contributed by atoms with Gasteiger partial charge in [0, 0.05) is 11.8 Å². The van der Waals surface area contributed by atoms with Crippen molar-refractivity contribution in [3.05, 3.63) is 30.1 Å². The molecule has 0 aliphatic carbocycles. The molecule has 0 bridgehead atoms. The molecule has 1 aliphatic heterocycles. The first-order chi connectivity index (χ1) is 12.8. The number of rotatable bonds is 5. The van der Waals surface area contributed by atoms with E-state index in [9.17, 15) is 18.0 Å². The van der Waals surface area contributed by atoms with Crippen LogP contribution in [0.5, 0.6) is 0 Å². The van der Waals surface area contributed by atoms with Gasteiger partial charge in [0.1, 0.15) is 10.9 Å². The summed E-state index contributed by atoms with van der Waals surface area (Å²) < 4.78 is 22.8. The summed E-state index contributed by atoms with van der Waals surface area (Å²) in [6.45, 7) is 1.79. The van der Waals surface area contributed by atoms with E-state index in [1.54, 1.807) is 6.92 Å². The Bertz CT molecular complexity index is 978. The molecule has 1 atom stereocenters. The maximum absolute atomic E-state index is 12.0. The molecule has 144 valence electrons. The van der Waals surface area contributed by atoms with E-state index >= 15 is 0 Å². The maximum atomic E-state index is 12.0. The lowest BCUT2D eigenvalue weighted by Crippen LogP contribution is -2.43. The highest BCUT2D eigenvalue weighted by molar-refractivity contribution is 8.00. The zero-order valence-corrected chi connectivity index (χ0v) is 16.4. The second-order valence-electron chi connectivity index (χ2n) is 6.45. The number of benzene rings is 1. The number of carbonyl (C=O) groups is 2. The molecule has 0 radical (unpaired) electrons. The van der Waals surface area contributed by atoms with Crippen molar-refractivity contribution >= 4 is 44.3 Å². The average molecular weight is 409 g/mol. The van der Waals surface area contributed by atoms with Gasteiger partial charge in [-0.3, -0.25) is 20.4 Å². The van der Waals surface area contributed by atoms with Crippen molar-refractivity contribution in [2.24, 2.45) is 5.92 Å². The minimum absolute atomic E-state index is 0.0321. The molecule has 2 heterocycles. The minimum Gasteiger partial charge on any atom is -0.273 e. The van der Waals surface area contributed by atoms with E-state index in [1.165, 1.54) is 11.8 Å². The Balaban J connectivity index is 1.48. The number of hydrazine groups is 1. The Morgan fingerprint density at radius 3 is 2.67 bits per heavy atom. The van der Waals surface area contributed by atoms with E-state index in [2.05, 4.69) is 20.8 Å². The van der Waals surface area contributed by atoms with Crippen molar-refractivity contribution < 1.29 is 18.0 Å². The fourth-order valence-corrected chi connectivity index (χ4v) is 5.65. The molecule has 0 unspecified atom stereocenters. The number of aryl methyl sites for hydroxylation is 1. The highest BCUT2D eigenvalue weighted by atomic mass is 32.2. The zero-order valence-electron chi connectivity index (χ0n) is 14.8. The summed E-state index contributed by atoms with van der Waals surface area (Å²) in [6, 6.07) is 7.56. The number of hydrogen-bond donors (Lipinski definition) is 2. The van der Waals surface area contributed by atoms with Gasteiger partial charge in [0.15, 0.2) is 9.84 Å². The molecular formula is C17H20N4O4S2. The molecule has 10 heteroatoms. The van der Waals surface area contributed by atoms with Gasteiger partial charge in [0.2, 0.25) is 11.8 Å². The van der Waals surface area contributed by atoms with E-state index in [4.69, 9.17) is 0 Å². The van der Waals surface area contributed by atoms with Crippen molar-refractivity contribution in [1.29, 1.82) is 0 Å². The number of nitrogens with zero attached hydrogens (tertiary/aromatic N) is 2. The van der Waals surface area contributed by atoms with Gasteiger partial charge in [-0.1, -0.05) is 30.0 Å². The highest BCUT2D eigenvalue weighted by Crippen LogP contribution is 2.25. The van der Waals surface area contributed by atoms with Crippen LogP contribution in [0.15, 0.2) is 29.3 Å². The summed E-state index contributed by atoms with van der Waals surface area (Å²) >= 11 is 1.26. The summed E-state index contributed by atoms with van der Waals surface area (Å²) in [5.74, 6) is -0.0806. The largest absolute Gasteiger partial charge is 0.273 e. The lowest BCUT2D eigenvalue weighted by molar-refractivity contribution is -0.128. The monoisotopic (exact) mass is 408 g/mol. The zero-order chi connectivity index (χ0) is 19.4. The Morgan fingerprint density at radius 2 is 1.93 bits per heavy atom. The van der Waals surface area contributed by atoms with Gasteiger partial charge in [-0.05, 0) is 25.3 Å². The van der Waals surface area contributed by atoms with Gasteiger partial charge in [-0.15, -0.1) is 0 Å². The Morgan fingerprint density at radius 1 is 1.19 bits per heavy atom. The van der Waals surface area contributed by atoms with Gasteiger partial charge in [-0.25, -0.2) is 18.4 Å². The van der Waals surface area contributed by atoms with Crippen molar-refractivity contribution in [3.8, 4) is 0 Å². The number of fused-ring (bicyclic) bond motifs is 1. The van der Waals surface area contributed by atoms with Crippen LogP contribution in [0.3, 0.4) is 0 Å². The maximum Gasteiger partial charge on any atom is 0.248 e. The van der Waals surface area contributed by atoms with Crippen LogP contribution < -0.4 is 10.9 Å². The SMILES string of the molecule is Cc1nc(SCC(=O)NNC(=O)C[C@H]2CCS(=O)(=O)C2)c2ccccc2n1. The van der Waals surface area contributed by atoms with E-state index < -0.39 is 15.7 Å². The lowest BCUT2D eigenvalue weighted by Gasteiger charge is -2.10. The molecule has 0 spiro atoms. The number of aromatic nitrogens is 2. The molecule has 2 aromatic rings. The molecule has 3 rings (SSSR count). The minimum atomic E-state index is -3.02. The summed E-state index contributed by atoms with van der Waals surface area (Å²) in [4.78, 5) is 32.6. The Kier molecular flexibility index (Phi) is 5.95. The van der Waals surface area contributed by atoms with E-state index in [-0.39, 0.29) is 35.5 Å². The topological polar surface area (TPSA) is 118 Å². The smallest absolute Gasteiger partial charge is 0.248 e. The molecule has 0 saturated carbocycles. The highest BCUT2D eigenvalue weighted by Gasteiger charge is 2.29.